The van der Waals surface area contributed by atoms with Crippen molar-refractivity contribution in [1.29, 1.82) is 0 Å². The molecule has 0 radical (unpaired) electrons. The van der Waals surface area contributed by atoms with Gasteiger partial charge in [-0.05, 0) is 35.7 Å². The number of carbonyl (C=O) groups excluding carboxylic acids is 1. The van der Waals surface area contributed by atoms with Crippen LogP contribution in [0.1, 0.15) is 9.67 Å². The summed E-state index contributed by atoms with van der Waals surface area (Å²) >= 11 is 7.05. The number of carboxylic acids is 1. The van der Waals surface area contributed by atoms with Crippen LogP contribution in [0.25, 0.3) is 0 Å². The number of carboxylic acid groups (broad SMARTS) is 1. The molecule has 0 aliphatic rings. The summed E-state index contributed by atoms with van der Waals surface area (Å²) in [4.78, 5) is 24.7. The molecule has 104 valence electrons. The Hall–Kier alpha value is -2.05. The lowest BCUT2D eigenvalue weighted by Gasteiger charge is -2.20. The molecular weight excluding hydrogens is 302 g/mol. The average Bonchev–Trinajstić information content (AvgIpc) is 2.82. The highest BCUT2D eigenvalue weighted by molar-refractivity contribution is 7.12. The molecule has 7 heteroatoms. The lowest BCUT2D eigenvalue weighted by atomic mass is 10.2. The summed E-state index contributed by atoms with van der Waals surface area (Å²) in [5.74, 6) is -1.59. The van der Waals surface area contributed by atoms with Crippen LogP contribution in [-0.4, -0.2) is 28.6 Å². The fourth-order valence-electron chi connectivity index (χ4n) is 1.62. The fraction of sp³-hybridized carbons (Fsp3) is 0.0769. The zero-order valence-electron chi connectivity index (χ0n) is 10.1. The van der Waals surface area contributed by atoms with Gasteiger partial charge in [0.15, 0.2) is 0 Å². The topological polar surface area (TPSA) is 77.8 Å². The lowest BCUT2D eigenvalue weighted by Crippen LogP contribution is -2.35. The van der Waals surface area contributed by atoms with Crippen molar-refractivity contribution in [2.45, 2.75) is 0 Å². The van der Waals surface area contributed by atoms with Crippen LogP contribution in [0.2, 0.25) is 5.02 Å². The molecule has 2 N–H and O–H groups in total. The Morgan fingerprint density at radius 3 is 2.35 bits per heavy atom. The first-order chi connectivity index (χ1) is 9.49. The van der Waals surface area contributed by atoms with E-state index < -0.39 is 18.4 Å². The second-order valence-corrected chi connectivity index (χ2v) is 5.22. The van der Waals surface area contributed by atoms with E-state index in [4.69, 9.17) is 16.7 Å². The summed E-state index contributed by atoms with van der Waals surface area (Å²) in [6, 6.07) is 7.28. The molecule has 20 heavy (non-hydrogen) atoms. The van der Waals surface area contributed by atoms with Crippen molar-refractivity contribution >= 4 is 40.5 Å². The minimum absolute atomic E-state index is 0.0330. The number of hydrogen-bond donors (Lipinski definition) is 2. The Labute approximate surface area is 123 Å². The molecule has 0 atom stereocenters. The Kier molecular flexibility index (Phi) is 4.26. The number of nitrogens with zero attached hydrogens (tertiary/aromatic N) is 1. The molecule has 0 fully saturated rings. The monoisotopic (exact) mass is 311 g/mol. The first-order valence-corrected chi connectivity index (χ1v) is 6.80. The average molecular weight is 312 g/mol. The highest BCUT2D eigenvalue weighted by Gasteiger charge is 2.23. The zero-order valence-corrected chi connectivity index (χ0v) is 11.7. The van der Waals surface area contributed by atoms with Gasteiger partial charge in [-0.15, -0.1) is 11.3 Å². The van der Waals surface area contributed by atoms with E-state index in [2.05, 4.69) is 0 Å². The second kappa shape index (κ2) is 5.94. The Morgan fingerprint density at radius 1 is 1.20 bits per heavy atom. The molecule has 5 nitrogen and oxygen atoms in total. The summed E-state index contributed by atoms with van der Waals surface area (Å²) in [5, 5.41) is 20.1. The van der Waals surface area contributed by atoms with E-state index in [1.54, 1.807) is 11.4 Å². The maximum absolute atomic E-state index is 12.4. The molecular formula is C13H10ClNO4S. The Balaban J connectivity index is 2.37. The van der Waals surface area contributed by atoms with Gasteiger partial charge in [-0.2, -0.15) is 0 Å². The first-order valence-electron chi connectivity index (χ1n) is 5.54. The molecule has 0 unspecified atom stereocenters. The summed E-state index contributed by atoms with van der Waals surface area (Å²) in [6.45, 7) is -0.488. The van der Waals surface area contributed by atoms with Crippen molar-refractivity contribution in [3.63, 3.8) is 0 Å². The SMILES string of the molecule is O=C(O)CN(C(=O)c1sccc1Cl)c1ccc(O)cc1. The smallest absolute Gasteiger partial charge is 0.323 e. The predicted molar refractivity (Wildman–Crippen MR) is 76.7 cm³/mol. The molecule has 0 aliphatic carbocycles. The molecule has 0 saturated carbocycles. The minimum Gasteiger partial charge on any atom is -0.508 e. The Bertz CT molecular complexity index is 638. The number of halogens is 1. The number of anilines is 1. The summed E-state index contributed by atoms with van der Waals surface area (Å²) < 4.78 is 0. The predicted octanol–water partition coefficient (Wildman–Crippen LogP) is 2.84. The zero-order chi connectivity index (χ0) is 14.7. The first kappa shape index (κ1) is 14.4. The largest absolute Gasteiger partial charge is 0.508 e. The van der Waals surface area contributed by atoms with Gasteiger partial charge in [-0.25, -0.2) is 0 Å². The van der Waals surface area contributed by atoms with Crippen molar-refractivity contribution in [2.75, 3.05) is 11.4 Å². The third-order valence-corrected chi connectivity index (χ3v) is 3.84. The third-order valence-electron chi connectivity index (χ3n) is 2.51. The van der Waals surface area contributed by atoms with Crippen LogP contribution in [-0.2, 0) is 4.79 Å². The normalized spacial score (nSPS) is 10.2. The molecule has 0 bridgehead atoms. The summed E-state index contributed by atoms with van der Waals surface area (Å²) in [7, 11) is 0. The number of rotatable bonds is 4. The highest BCUT2D eigenvalue weighted by Crippen LogP contribution is 2.27. The van der Waals surface area contributed by atoms with Gasteiger partial charge >= 0.3 is 5.97 Å². The molecule has 2 aromatic rings. The number of hydrogen-bond acceptors (Lipinski definition) is 4. The van der Waals surface area contributed by atoms with Gasteiger partial charge in [-0.1, -0.05) is 11.6 Å². The second-order valence-electron chi connectivity index (χ2n) is 3.90. The van der Waals surface area contributed by atoms with Crippen LogP contribution < -0.4 is 4.90 Å². The number of thiophene rings is 1. The standard InChI is InChI=1S/C13H10ClNO4S/c14-10-5-6-20-12(10)13(19)15(7-11(17)18)8-1-3-9(16)4-2-8/h1-6,16H,7H2,(H,17,18). The van der Waals surface area contributed by atoms with Crippen molar-refractivity contribution in [3.05, 3.63) is 45.6 Å². The van der Waals surface area contributed by atoms with Crippen LogP contribution in [0.4, 0.5) is 5.69 Å². The molecule has 1 aromatic carbocycles. The van der Waals surface area contributed by atoms with E-state index in [-0.39, 0.29) is 15.6 Å². The van der Waals surface area contributed by atoms with Gasteiger partial charge < -0.3 is 10.2 Å². The molecule has 1 heterocycles. The van der Waals surface area contributed by atoms with E-state index in [0.717, 1.165) is 16.2 Å². The molecule has 2 rings (SSSR count). The molecule has 0 spiro atoms. The third kappa shape index (κ3) is 3.09. The minimum atomic E-state index is -1.14. The fourth-order valence-corrected chi connectivity index (χ4v) is 2.70. The van der Waals surface area contributed by atoms with Gasteiger partial charge in [0.2, 0.25) is 0 Å². The number of benzene rings is 1. The lowest BCUT2D eigenvalue weighted by molar-refractivity contribution is -0.135. The quantitative estimate of drug-likeness (QED) is 0.910. The summed E-state index contributed by atoms with van der Waals surface area (Å²) in [5.41, 5.74) is 0.375. The van der Waals surface area contributed by atoms with Gasteiger partial charge in [0, 0.05) is 5.69 Å². The van der Waals surface area contributed by atoms with Crippen molar-refractivity contribution in [3.8, 4) is 5.75 Å². The highest BCUT2D eigenvalue weighted by atomic mass is 35.5. The number of aliphatic carboxylic acids is 1. The van der Waals surface area contributed by atoms with Crippen LogP contribution >= 0.6 is 22.9 Å². The van der Waals surface area contributed by atoms with Crippen LogP contribution in [0.3, 0.4) is 0 Å². The number of amides is 1. The Morgan fingerprint density at radius 2 is 1.85 bits per heavy atom. The molecule has 0 saturated heterocycles. The van der Waals surface area contributed by atoms with Crippen LogP contribution in [0, 0.1) is 0 Å². The van der Waals surface area contributed by atoms with Crippen molar-refractivity contribution in [1.82, 2.24) is 0 Å². The van der Waals surface area contributed by atoms with Crippen molar-refractivity contribution in [2.24, 2.45) is 0 Å². The van der Waals surface area contributed by atoms with E-state index in [1.807, 2.05) is 0 Å². The van der Waals surface area contributed by atoms with Gasteiger partial charge in [0.1, 0.15) is 17.2 Å². The van der Waals surface area contributed by atoms with E-state index in [1.165, 1.54) is 24.3 Å². The van der Waals surface area contributed by atoms with Crippen LogP contribution in [0.5, 0.6) is 5.75 Å². The summed E-state index contributed by atoms with van der Waals surface area (Å²) in [6.07, 6.45) is 0. The number of phenolic OH excluding ortho intramolecular Hbond substituents is 1. The molecule has 0 aliphatic heterocycles. The van der Waals surface area contributed by atoms with Gasteiger partial charge in [0.25, 0.3) is 5.91 Å². The number of phenols is 1. The number of aromatic hydroxyl groups is 1. The van der Waals surface area contributed by atoms with Gasteiger partial charge in [-0.3, -0.25) is 14.5 Å². The van der Waals surface area contributed by atoms with E-state index in [9.17, 15) is 14.7 Å². The number of carbonyl (C=O) groups is 2. The van der Waals surface area contributed by atoms with Gasteiger partial charge in [0.05, 0.1) is 5.02 Å². The van der Waals surface area contributed by atoms with E-state index >= 15 is 0 Å². The molecule has 1 aromatic heterocycles. The van der Waals surface area contributed by atoms with Crippen LogP contribution in [0.15, 0.2) is 35.7 Å². The maximum Gasteiger partial charge on any atom is 0.323 e. The maximum atomic E-state index is 12.4. The van der Waals surface area contributed by atoms with Crippen molar-refractivity contribution < 1.29 is 19.8 Å². The van der Waals surface area contributed by atoms with E-state index in [0.29, 0.717) is 5.69 Å². The molecule has 1 amide bonds.